The molecule has 2 aliphatic heterocycles. The molecule has 0 unspecified atom stereocenters. The van der Waals surface area contributed by atoms with Crippen molar-refractivity contribution in [3.63, 3.8) is 0 Å². The van der Waals surface area contributed by atoms with Gasteiger partial charge in [0.1, 0.15) is 0 Å². The van der Waals surface area contributed by atoms with Crippen LogP contribution in [-0.4, -0.2) is 56.7 Å². The number of rotatable bonds is 2. The highest BCUT2D eigenvalue weighted by molar-refractivity contribution is 5.95. The number of likely N-dealkylation sites (tertiary alicyclic amines) is 1. The number of aromatic nitrogens is 4. The van der Waals surface area contributed by atoms with Gasteiger partial charge in [-0.15, -0.1) is 5.10 Å². The summed E-state index contributed by atoms with van der Waals surface area (Å²) in [5, 5.41) is 15.0. The SMILES string of the molecule is Cc1nnnn1-c1cccc(C(=O)N2C[C@@H]3CCCN[C@@H]3C2)c1. The largest absolute Gasteiger partial charge is 0.337 e. The fourth-order valence-corrected chi connectivity index (χ4v) is 3.64. The Morgan fingerprint density at radius 1 is 1.35 bits per heavy atom. The lowest BCUT2D eigenvalue weighted by Crippen LogP contribution is -2.41. The van der Waals surface area contributed by atoms with Gasteiger partial charge in [0.15, 0.2) is 5.82 Å². The minimum Gasteiger partial charge on any atom is -0.337 e. The second kappa shape index (κ2) is 5.73. The molecule has 7 nitrogen and oxygen atoms in total. The smallest absolute Gasteiger partial charge is 0.253 e. The lowest BCUT2D eigenvalue weighted by atomic mass is 9.94. The van der Waals surface area contributed by atoms with E-state index in [1.54, 1.807) is 4.68 Å². The summed E-state index contributed by atoms with van der Waals surface area (Å²) in [4.78, 5) is 14.8. The highest BCUT2D eigenvalue weighted by Crippen LogP contribution is 2.26. The summed E-state index contributed by atoms with van der Waals surface area (Å²) in [7, 11) is 0. The van der Waals surface area contributed by atoms with Crippen LogP contribution in [-0.2, 0) is 0 Å². The van der Waals surface area contributed by atoms with E-state index in [0.29, 0.717) is 23.3 Å². The van der Waals surface area contributed by atoms with Crippen LogP contribution in [0, 0.1) is 12.8 Å². The van der Waals surface area contributed by atoms with Crippen LogP contribution in [0.3, 0.4) is 0 Å². The predicted octanol–water partition coefficient (Wildman–Crippen LogP) is 0.795. The van der Waals surface area contributed by atoms with Crippen molar-refractivity contribution in [1.29, 1.82) is 0 Å². The quantitative estimate of drug-likeness (QED) is 0.887. The number of carbonyl (C=O) groups is 1. The van der Waals surface area contributed by atoms with E-state index in [1.165, 1.54) is 12.8 Å². The Hall–Kier alpha value is -2.28. The van der Waals surface area contributed by atoms with Crippen molar-refractivity contribution in [2.75, 3.05) is 19.6 Å². The number of benzene rings is 1. The van der Waals surface area contributed by atoms with Crippen LogP contribution < -0.4 is 5.32 Å². The number of hydrogen-bond donors (Lipinski definition) is 1. The number of amides is 1. The van der Waals surface area contributed by atoms with Gasteiger partial charge in [0, 0.05) is 24.7 Å². The van der Waals surface area contributed by atoms with Crippen LogP contribution in [0.2, 0.25) is 0 Å². The molecule has 3 heterocycles. The number of tetrazole rings is 1. The lowest BCUT2D eigenvalue weighted by Gasteiger charge is -2.24. The van der Waals surface area contributed by atoms with Crippen molar-refractivity contribution in [2.45, 2.75) is 25.8 Å². The second-order valence-electron chi connectivity index (χ2n) is 6.36. The molecule has 0 aliphatic carbocycles. The Bertz CT molecular complexity index is 713. The topological polar surface area (TPSA) is 75.9 Å². The van der Waals surface area contributed by atoms with Crippen molar-refractivity contribution in [2.24, 2.45) is 5.92 Å². The van der Waals surface area contributed by atoms with Crippen molar-refractivity contribution in [1.82, 2.24) is 30.4 Å². The maximum atomic E-state index is 12.8. The molecule has 0 saturated carbocycles. The fraction of sp³-hybridized carbons (Fsp3) is 0.500. The molecule has 2 saturated heterocycles. The van der Waals surface area contributed by atoms with Gasteiger partial charge in [-0.2, -0.15) is 4.68 Å². The number of aryl methyl sites for hydroxylation is 1. The van der Waals surface area contributed by atoms with Crippen molar-refractivity contribution in [3.8, 4) is 5.69 Å². The molecule has 7 heteroatoms. The summed E-state index contributed by atoms with van der Waals surface area (Å²) < 4.78 is 1.64. The van der Waals surface area contributed by atoms with Gasteiger partial charge in [0.2, 0.25) is 0 Å². The third kappa shape index (κ3) is 2.61. The lowest BCUT2D eigenvalue weighted by molar-refractivity contribution is 0.0785. The molecule has 23 heavy (non-hydrogen) atoms. The Balaban J connectivity index is 1.56. The molecule has 4 rings (SSSR count). The molecule has 0 bridgehead atoms. The molecule has 0 spiro atoms. The molecule has 1 amide bonds. The van der Waals surface area contributed by atoms with Crippen LogP contribution in [0.4, 0.5) is 0 Å². The fourth-order valence-electron chi connectivity index (χ4n) is 3.64. The van der Waals surface area contributed by atoms with Crippen LogP contribution in [0.5, 0.6) is 0 Å². The number of hydrogen-bond acceptors (Lipinski definition) is 5. The number of carbonyl (C=O) groups excluding carboxylic acids is 1. The summed E-state index contributed by atoms with van der Waals surface area (Å²) in [6, 6.07) is 7.97. The highest BCUT2D eigenvalue weighted by atomic mass is 16.2. The minimum atomic E-state index is 0.0915. The average Bonchev–Trinajstić information content (AvgIpc) is 3.20. The Labute approximate surface area is 134 Å². The monoisotopic (exact) mass is 312 g/mol. The molecule has 2 aromatic rings. The maximum absolute atomic E-state index is 12.8. The molecule has 1 N–H and O–H groups in total. The Kier molecular flexibility index (Phi) is 3.57. The van der Waals surface area contributed by atoms with Gasteiger partial charge in [0.05, 0.1) is 5.69 Å². The van der Waals surface area contributed by atoms with Gasteiger partial charge in [-0.25, -0.2) is 0 Å². The summed E-state index contributed by atoms with van der Waals surface area (Å²) in [5.74, 6) is 1.39. The molecule has 2 aliphatic rings. The van der Waals surface area contributed by atoms with E-state index in [0.717, 1.165) is 25.3 Å². The van der Waals surface area contributed by atoms with Crippen LogP contribution >= 0.6 is 0 Å². The third-order valence-corrected chi connectivity index (χ3v) is 4.85. The molecule has 1 aromatic heterocycles. The Morgan fingerprint density at radius 2 is 2.26 bits per heavy atom. The van der Waals surface area contributed by atoms with Gasteiger partial charge in [-0.05, 0) is 60.9 Å². The van der Waals surface area contributed by atoms with E-state index < -0.39 is 0 Å². The molecule has 2 atom stereocenters. The van der Waals surface area contributed by atoms with Gasteiger partial charge in [-0.3, -0.25) is 4.79 Å². The minimum absolute atomic E-state index is 0.0915. The zero-order valence-electron chi connectivity index (χ0n) is 13.1. The van der Waals surface area contributed by atoms with E-state index >= 15 is 0 Å². The molecular formula is C16H20N6O. The maximum Gasteiger partial charge on any atom is 0.253 e. The van der Waals surface area contributed by atoms with Crippen LogP contribution in [0.25, 0.3) is 5.69 Å². The predicted molar refractivity (Wildman–Crippen MR) is 84.3 cm³/mol. The molecule has 1 aromatic carbocycles. The number of piperidine rings is 1. The van der Waals surface area contributed by atoms with Gasteiger partial charge in [-0.1, -0.05) is 6.07 Å². The van der Waals surface area contributed by atoms with E-state index in [2.05, 4.69) is 20.8 Å². The summed E-state index contributed by atoms with van der Waals surface area (Å²) in [6.45, 7) is 4.56. The summed E-state index contributed by atoms with van der Waals surface area (Å²) in [5.41, 5.74) is 1.50. The number of fused-ring (bicyclic) bond motifs is 1. The first-order valence-corrected chi connectivity index (χ1v) is 8.10. The molecular weight excluding hydrogens is 292 g/mol. The van der Waals surface area contributed by atoms with E-state index in [9.17, 15) is 4.79 Å². The third-order valence-electron chi connectivity index (χ3n) is 4.85. The zero-order valence-corrected chi connectivity index (χ0v) is 13.1. The zero-order chi connectivity index (χ0) is 15.8. The van der Waals surface area contributed by atoms with E-state index in [4.69, 9.17) is 0 Å². The van der Waals surface area contributed by atoms with E-state index in [-0.39, 0.29) is 5.91 Å². The van der Waals surface area contributed by atoms with Crippen molar-refractivity contribution >= 4 is 5.91 Å². The van der Waals surface area contributed by atoms with Gasteiger partial charge < -0.3 is 10.2 Å². The van der Waals surface area contributed by atoms with Crippen LogP contribution in [0.1, 0.15) is 29.0 Å². The van der Waals surface area contributed by atoms with Gasteiger partial charge >= 0.3 is 0 Å². The average molecular weight is 312 g/mol. The van der Waals surface area contributed by atoms with Crippen molar-refractivity contribution < 1.29 is 4.79 Å². The van der Waals surface area contributed by atoms with Crippen LogP contribution in [0.15, 0.2) is 24.3 Å². The number of nitrogens with zero attached hydrogens (tertiary/aromatic N) is 5. The summed E-state index contributed by atoms with van der Waals surface area (Å²) >= 11 is 0. The highest BCUT2D eigenvalue weighted by Gasteiger charge is 2.36. The second-order valence-corrected chi connectivity index (χ2v) is 6.36. The molecule has 2 fully saturated rings. The first kappa shape index (κ1) is 14.3. The first-order valence-electron chi connectivity index (χ1n) is 8.10. The van der Waals surface area contributed by atoms with E-state index in [1.807, 2.05) is 36.1 Å². The standard InChI is InChI=1S/C16H20N6O/c1-11-18-19-20-22(11)14-6-2-4-12(8-14)16(23)21-9-13-5-3-7-17-15(13)10-21/h2,4,6,8,13,15,17H,3,5,7,9-10H2,1H3/t13-,15+/m0/s1. The molecule has 120 valence electrons. The normalized spacial score (nSPS) is 23.8. The van der Waals surface area contributed by atoms with Gasteiger partial charge in [0.25, 0.3) is 5.91 Å². The Morgan fingerprint density at radius 3 is 3.04 bits per heavy atom. The first-order chi connectivity index (χ1) is 11.2. The van der Waals surface area contributed by atoms with Crippen molar-refractivity contribution in [3.05, 3.63) is 35.7 Å². The number of nitrogens with one attached hydrogen (secondary N) is 1. The summed E-state index contributed by atoms with van der Waals surface area (Å²) in [6.07, 6.45) is 2.42. The molecule has 0 radical (unpaired) electrons.